The Kier molecular flexibility index (Phi) is 4.43. The van der Waals surface area contributed by atoms with Crippen LogP contribution >= 0.6 is 11.6 Å². The van der Waals surface area contributed by atoms with Crippen LogP contribution in [0.5, 0.6) is 5.75 Å². The van der Waals surface area contributed by atoms with Crippen molar-refractivity contribution in [3.63, 3.8) is 0 Å². The monoisotopic (exact) mass is 295 g/mol. The van der Waals surface area contributed by atoms with E-state index in [2.05, 4.69) is 14.7 Å². The van der Waals surface area contributed by atoms with Crippen molar-refractivity contribution in [1.82, 2.24) is 0 Å². The summed E-state index contributed by atoms with van der Waals surface area (Å²) in [5.74, 6) is -1.07. The number of halogens is 4. The Balaban J connectivity index is 2.98. The third kappa shape index (κ3) is 5.34. The van der Waals surface area contributed by atoms with Crippen LogP contribution < -0.4 is 21.9 Å². The highest BCUT2D eigenvalue weighted by Crippen LogP contribution is 2.31. The van der Waals surface area contributed by atoms with E-state index in [1.54, 1.807) is 0 Å². The molecule has 0 aromatic heterocycles. The number of rotatable bonds is 2. The van der Waals surface area contributed by atoms with Crippen molar-refractivity contribution >= 4 is 29.2 Å². The fourth-order valence-electron chi connectivity index (χ4n) is 1.06. The van der Waals surface area contributed by atoms with Gasteiger partial charge in [0.2, 0.25) is 5.96 Å². The van der Waals surface area contributed by atoms with Crippen LogP contribution in [0.2, 0.25) is 5.02 Å². The SMILES string of the molecule is NC(N)=NC(N)=Nc1ccc(OC(F)(F)F)cc1Cl. The van der Waals surface area contributed by atoms with Gasteiger partial charge in [-0.05, 0) is 12.1 Å². The molecule has 0 saturated heterocycles. The molecule has 0 saturated carbocycles. The molecule has 0 radical (unpaired) electrons. The number of alkyl halides is 3. The van der Waals surface area contributed by atoms with Crippen LogP contribution in [0.3, 0.4) is 0 Å². The summed E-state index contributed by atoms with van der Waals surface area (Å²) in [7, 11) is 0. The molecule has 1 aromatic carbocycles. The summed E-state index contributed by atoms with van der Waals surface area (Å²) in [6, 6.07) is 3.15. The maximum absolute atomic E-state index is 12.0. The number of guanidine groups is 2. The van der Waals surface area contributed by atoms with Gasteiger partial charge < -0.3 is 21.9 Å². The minimum absolute atomic E-state index is 0.0960. The molecule has 0 aliphatic heterocycles. The van der Waals surface area contributed by atoms with E-state index in [-0.39, 0.29) is 22.6 Å². The molecule has 0 aliphatic rings. The normalized spacial score (nSPS) is 12.1. The molecule has 0 unspecified atom stereocenters. The van der Waals surface area contributed by atoms with Crippen LogP contribution in [0.4, 0.5) is 18.9 Å². The predicted octanol–water partition coefficient (Wildman–Crippen LogP) is 1.46. The molecule has 10 heteroatoms. The molecule has 0 bridgehead atoms. The first-order chi connectivity index (χ1) is 8.67. The molecule has 1 rings (SSSR count). The highest BCUT2D eigenvalue weighted by molar-refractivity contribution is 6.33. The van der Waals surface area contributed by atoms with E-state index >= 15 is 0 Å². The summed E-state index contributed by atoms with van der Waals surface area (Å²) < 4.78 is 39.6. The second-order valence-electron chi connectivity index (χ2n) is 3.17. The topological polar surface area (TPSA) is 112 Å². The standard InChI is InChI=1S/C9H9ClF3N5O/c10-5-3-4(19-9(11,12)13)1-2-6(5)17-8(16)18-7(14)15/h1-3H,(H6,14,15,16,17,18). The van der Waals surface area contributed by atoms with E-state index in [9.17, 15) is 13.2 Å². The van der Waals surface area contributed by atoms with Crippen LogP contribution in [0.15, 0.2) is 28.2 Å². The zero-order valence-electron chi connectivity index (χ0n) is 9.28. The Morgan fingerprint density at radius 2 is 1.84 bits per heavy atom. The summed E-state index contributed by atoms with van der Waals surface area (Å²) in [6.07, 6.45) is -4.80. The molecule has 0 amide bonds. The lowest BCUT2D eigenvalue weighted by Crippen LogP contribution is -2.26. The first kappa shape index (κ1) is 14.9. The molecule has 0 spiro atoms. The first-order valence-electron chi connectivity index (χ1n) is 4.66. The second-order valence-corrected chi connectivity index (χ2v) is 3.57. The minimum Gasteiger partial charge on any atom is -0.406 e. The third-order valence-corrected chi connectivity index (χ3v) is 1.93. The minimum atomic E-state index is -4.80. The number of benzene rings is 1. The summed E-state index contributed by atoms with van der Waals surface area (Å²) in [5.41, 5.74) is 15.6. The van der Waals surface area contributed by atoms with Gasteiger partial charge in [0.15, 0.2) is 5.96 Å². The fraction of sp³-hybridized carbons (Fsp3) is 0.111. The Bertz CT molecular complexity index is 525. The molecule has 0 atom stereocenters. The van der Waals surface area contributed by atoms with Gasteiger partial charge in [-0.2, -0.15) is 4.99 Å². The van der Waals surface area contributed by atoms with Gasteiger partial charge in [-0.25, -0.2) is 4.99 Å². The lowest BCUT2D eigenvalue weighted by molar-refractivity contribution is -0.274. The van der Waals surface area contributed by atoms with Gasteiger partial charge in [0.25, 0.3) is 0 Å². The second kappa shape index (κ2) is 5.65. The molecular weight excluding hydrogens is 287 g/mol. The van der Waals surface area contributed by atoms with Crippen molar-refractivity contribution in [3.05, 3.63) is 23.2 Å². The predicted molar refractivity (Wildman–Crippen MR) is 65.2 cm³/mol. The van der Waals surface area contributed by atoms with Gasteiger partial charge in [0.05, 0.1) is 10.7 Å². The lowest BCUT2D eigenvalue weighted by Gasteiger charge is -2.09. The number of nitrogens with two attached hydrogens (primary N) is 3. The van der Waals surface area contributed by atoms with E-state index in [0.717, 1.165) is 12.1 Å². The van der Waals surface area contributed by atoms with Gasteiger partial charge in [-0.1, -0.05) is 11.6 Å². The van der Waals surface area contributed by atoms with E-state index in [1.807, 2.05) is 0 Å². The van der Waals surface area contributed by atoms with E-state index in [0.29, 0.717) is 0 Å². The highest BCUT2D eigenvalue weighted by atomic mass is 35.5. The molecule has 19 heavy (non-hydrogen) atoms. The van der Waals surface area contributed by atoms with Crippen LogP contribution in [-0.4, -0.2) is 18.3 Å². The quantitative estimate of drug-likeness (QED) is 0.566. The van der Waals surface area contributed by atoms with Crippen molar-refractivity contribution in [2.45, 2.75) is 6.36 Å². The zero-order valence-corrected chi connectivity index (χ0v) is 10.0. The van der Waals surface area contributed by atoms with E-state index in [4.69, 9.17) is 28.8 Å². The van der Waals surface area contributed by atoms with Gasteiger partial charge in [-0.3, -0.25) is 0 Å². The third-order valence-electron chi connectivity index (χ3n) is 1.63. The maximum atomic E-state index is 12.0. The van der Waals surface area contributed by atoms with Crippen molar-refractivity contribution < 1.29 is 17.9 Å². The summed E-state index contributed by atoms with van der Waals surface area (Å²) in [5, 5.41) is -0.101. The molecule has 6 N–H and O–H groups in total. The average Bonchev–Trinajstić information content (AvgIpc) is 2.18. The van der Waals surface area contributed by atoms with Crippen molar-refractivity contribution in [1.29, 1.82) is 0 Å². The molecule has 0 heterocycles. The molecule has 0 fully saturated rings. The Hall–Kier alpha value is -2.16. The van der Waals surface area contributed by atoms with Gasteiger partial charge >= 0.3 is 6.36 Å². The van der Waals surface area contributed by atoms with Crippen LogP contribution in [0.25, 0.3) is 0 Å². The van der Waals surface area contributed by atoms with Gasteiger partial charge in [-0.15, -0.1) is 13.2 Å². The Morgan fingerprint density at radius 3 is 2.32 bits per heavy atom. The van der Waals surface area contributed by atoms with E-state index in [1.165, 1.54) is 6.07 Å². The molecule has 0 aliphatic carbocycles. The molecule has 1 aromatic rings. The first-order valence-corrected chi connectivity index (χ1v) is 5.04. The lowest BCUT2D eigenvalue weighted by atomic mass is 10.3. The van der Waals surface area contributed by atoms with Crippen molar-refractivity contribution in [3.8, 4) is 5.75 Å². The van der Waals surface area contributed by atoms with Gasteiger partial charge in [0, 0.05) is 6.07 Å². The zero-order chi connectivity index (χ0) is 14.6. The number of nitrogens with zero attached hydrogens (tertiary/aromatic N) is 2. The van der Waals surface area contributed by atoms with Crippen molar-refractivity contribution in [2.75, 3.05) is 0 Å². The summed E-state index contributed by atoms with van der Waals surface area (Å²) >= 11 is 5.72. The molecular formula is C9H9ClF3N5O. The summed E-state index contributed by atoms with van der Waals surface area (Å²) in [6.45, 7) is 0. The Morgan fingerprint density at radius 1 is 1.21 bits per heavy atom. The van der Waals surface area contributed by atoms with E-state index < -0.39 is 12.1 Å². The van der Waals surface area contributed by atoms with Crippen molar-refractivity contribution in [2.24, 2.45) is 27.2 Å². The van der Waals surface area contributed by atoms with Gasteiger partial charge in [0.1, 0.15) is 5.75 Å². The fourth-order valence-corrected chi connectivity index (χ4v) is 1.27. The maximum Gasteiger partial charge on any atom is 0.573 e. The number of aliphatic imine (C=N–C) groups is 2. The number of hydrogen-bond acceptors (Lipinski definition) is 2. The van der Waals surface area contributed by atoms with Crippen LogP contribution in [0.1, 0.15) is 0 Å². The smallest absolute Gasteiger partial charge is 0.406 e. The Labute approximate surface area is 110 Å². The number of hydrogen-bond donors (Lipinski definition) is 3. The highest BCUT2D eigenvalue weighted by Gasteiger charge is 2.31. The largest absolute Gasteiger partial charge is 0.573 e. The van der Waals surface area contributed by atoms with Crippen LogP contribution in [0, 0.1) is 0 Å². The molecule has 104 valence electrons. The number of ether oxygens (including phenoxy) is 1. The van der Waals surface area contributed by atoms with Crippen LogP contribution in [-0.2, 0) is 0 Å². The summed E-state index contributed by atoms with van der Waals surface area (Å²) in [4.78, 5) is 7.14. The average molecular weight is 296 g/mol. The molecule has 6 nitrogen and oxygen atoms in total.